The van der Waals surface area contributed by atoms with Crippen LogP contribution in [0.1, 0.15) is 38.5 Å². The van der Waals surface area contributed by atoms with Crippen LogP contribution in [0.3, 0.4) is 0 Å². The standard InChI is InChI=1S/C10H17F2N3/c1-4-15-9(10(11)12)8(6-14-15)5-13-7(2)3/h6-7,10,13H,4-5H2,1-3H3. The minimum atomic E-state index is -2.46. The molecule has 86 valence electrons. The van der Waals surface area contributed by atoms with Crippen molar-refractivity contribution < 1.29 is 8.78 Å². The number of aryl methyl sites for hydroxylation is 1. The highest BCUT2D eigenvalue weighted by Gasteiger charge is 2.18. The Kier molecular flexibility index (Phi) is 4.20. The van der Waals surface area contributed by atoms with Crippen LogP contribution < -0.4 is 5.32 Å². The molecule has 0 saturated heterocycles. The van der Waals surface area contributed by atoms with Gasteiger partial charge in [0, 0.05) is 24.7 Å². The summed E-state index contributed by atoms with van der Waals surface area (Å²) in [4.78, 5) is 0. The number of nitrogens with zero attached hydrogens (tertiary/aromatic N) is 2. The van der Waals surface area contributed by atoms with Gasteiger partial charge in [-0.2, -0.15) is 5.10 Å². The molecule has 1 heterocycles. The number of aromatic nitrogens is 2. The molecular weight excluding hydrogens is 200 g/mol. The highest BCUT2D eigenvalue weighted by atomic mass is 19.3. The minimum Gasteiger partial charge on any atom is -0.310 e. The van der Waals surface area contributed by atoms with Crippen molar-refractivity contribution in [2.24, 2.45) is 0 Å². The van der Waals surface area contributed by atoms with E-state index in [-0.39, 0.29) is 11.7 Å². The third kappa shape index (κ3) is 2.99. The summed E-state index contributed by atoms with van der Waals surface area (Å²) in [5, 5.41) is 7.04. The lowest BCUT2D eigenvalue weighted by Gasteiger charge is -2.09. The van der Waals surface area contributed by atoms with Gasteiger partial charge in [-0.05, 0) is 6.92 Å². The second-order valence-electron chi connectivity index (χ2n) is 3.71. The van der Waals surface area contributed by atoms with Crippen molar-refractivity contribution in [2.45, 2.75) is 46.3 Å². The van der Waals surface area contributed by atoms with Gasteiger partial charge >= 0.3 is 0 Å². The van der Waals surface area contributed by atoms with Crippen molar-refractivity contribution in [2.75, 3.05) is 0 Å². The molecule has 0 aliphatic heterocycles. The van der Waals surface area contributed by atoms with Crippen LogP contribution in [0.15, 0.2) is 6.20 Å². The Morgan fingerprint density at radius 2 is 2.13 bits per heavy atom. The highest BCUT2D eigenvalue weighted by Crippen LogP contribution is 2.22. The summed E-state index contributed by atoms with van der Waals surface area (Å²) >= 11 is 0. The number of hydrogen-bond acceptors (Lipinski definition) is 2. The van der Waals surface area contributed by atoms with E-state index in [1.165, 1.54) is 10.9 Å². The van der Waals surface area contributed by atoms with Gasteiger partial charge < -0.3 is 5.32 Å². The molecule has 0 aliphatic carbocycles. The summed E-state index contributed by atoms with van der Waals surface area (Å²) in [6.45, 7) is 6.68. The molecule has 1 aromatic rings. The van der Waals surface area contributed by atoms with E-state index in [4.69, 9.17) is 0 Å². The maximum Gasteiger partial charge on any atom is 0.280 e. The average Bonchev–Trinajstić information content (AvgIpc) is 2.57. The largest absolute Gasteiger partial charge is 0.310 e. The van der Waals surface area contributed by atoms with E-state index in [1.54, 1.807) is 6.92 Å². The molecule has 0 spiro atoms. The van der Waals surface area contributed by atoms with Gasteiger partial charge in [-0.15, -0.1) is 0 Å². The topological polar surface area (TPSA) is 29.9 Å². The molecule has 3 nitrogen and oxygen atoms in total. The normalized spacial score (nSPS) is 11.7. The van der Waals surface area contributed by atoms with Crippen LogP contribution >= 0.6 is 0 Å². The monoisotopic (exact) mass is 217 g/mol. The van der Waals surface area contributed by atoms with Gasteiger partial charge in [-0.1, -0.05) is 13.8 Å². The van der Waals surface area contributed by atoms with E-state index in [9.17, 15) is 8.78 Å². The molecule has 0 amide bonds. The van der Waals surface area contributed by atoms with E-state index in [0.29, 0.717) is 18.7 Å². The summed E-state index contributed by atoms with van der Waals surface area (Å²) < 4.78 is 26.8. The first-order chi connectivity index (χ1) is 7.06. The fraction of sp³-hybridized carbons (Fsp3) is 0.700. The van der Waals surface area contributed by atoms with Crippen LogP contribution in [-0.4, -0.2) is 15.8 Å². The van der Waals surface area contributed by atoms with Crippen LogP contribution in [0.4, 0.5) is 8.78 Å². The summed E-state index contributed by atoms with van der Waals surface area (Å²) in [6, 6.07) is 0.278. The molecule has 1 N–H and O–H groups in total. The van der Waals surface area contributed by atoms with Crippen molar-refractivity contribution in [1.82, 2.24) is 15.1 Å². The Morgan fingerprint density at radius 3 is 2.60 bits per heavy atom. The Hall–Kier alpha value is -0.970. The summed E-state index contributed by atoms with van der Waals surface area (Å²) in [5.41, 5.74) is 0.617. The van der Waals surface area contributed by atoms with Gasteiger partial charge in [0.25, 0.3) is 6.43 Å². The van der Waals surface area contributed by atoms with Gasteiger partial charge in [-0.3, -0.25) is 4.68 Å². The minimum absolute atomic E-state index is 0.0330. The molecule has 0 saturated carbocycles. The molecule has 0 atom stereocenters. The van der Waals surface area contributed by atoms with E-state index in [1.807, 2.05) is 13.8 Å². The fourth-order valence-corrected chi connectivity index (χ4v) is 1.39. The summed E-state index contributed by atoms with van der Waals surface area (Å²) in [6.07, 6.45) is -0.947. The molecule has 0 aromatic carbocycles. The molecule has 15 heavy (non-hydrogen) atoms. The summed E-state index contributed by atoms with van der Waals surface area (Å²) in [7, 11) is 0. The van der Waals surface area contributed by atoms with Crippen molar-refractivity contribution in [1.29, 1.82) is 0 Å². The number of rotatable bonds is 5. The van der Waals surface area contributed by atoms with Gasteiger partial charge in [0.15, 0.2) is 0 Å². The van der Waals surface area contributed by atoms with Crippen molar-refractivity contribution >= 4 is 0 Å². The predicted octanol–water partition coefficient (Wildman–Crippen LogP) is 2.34. The van der Waals surface area contributed by atoms with Crippen molar-refractivity contribution in [3.63, 3.8) is 0 Å². The molecule has 0 aliphatic rings. The maximum absolute atomic E-state index is 12.7. The van der Waals surface area contributed by atoms with Gasteiger partial charge in [-0.25, -0.2) is 8.78 Å². The van der Waals surface area contributed by atoms with Crippen LogP contribution in [0.25, 0.3) is 0 Å². The van der Waals surface area contributed by atoms with E-state index < -0.39 is 6.43 Å². The maximum atomic E-state index is 12.7. The van der Waals surface area contributed by atoms with Crippen molar-refractivity contribution in [3.8, 4) is 0 Å². The third-order valence-corrected chi connectivity index (χ3v) is 2.17. The first-order valence-electron chi connectivity index (χ1n) is 5.12. The van der Waals surface area contributed by atoms with Gasteiger partial charge in [0.1, 0.15) is 5.69 Å². The van der Waals surface area contributed by atoms with Crippen LogP contribution in [-0.2, 0) is 13.1 Å². The second kappa shape index (κ2) is 5.21. The molecule has 0 radical (unpaired) electrons. The molecular formula is C10H17F2N3. The van der Waals surface area contributed by atoms with Gasteiger partial charge in [0.05, 0.1) is 6.20 Å². The first-order valence-corrected chi connectivity index (χ1v) is 5.12. The van der Waals surface area contributed by atoms with Crippen molar-refractivity contribution in [3.05, 3.63) is 17.5 Å². The smallest absolute Gasteiger partial charge is 0.280 e. The molecule has 5 heteroatoms. The zero-order chi connectivity index (χ0) is 11.4. The average molecular weight is 217 g/mol. The molecule has 1 aromatic heterocycles. The zero-order valence-corrected chi connectivity index (χ0v) is 9.30. The zero-order valence-electron chi connectivity index (χ0n) is 9.30. The van der Waals surface area contributed by atoms with E-state index in [0.717, 1.165) is 0 Å². The Morgan fingerprint density at radius 1 is 1.47 bits per heavy atom. The highest BCUT2D eigenvalue weighted by molar-refractivity contribution is 5.18. The molecule has 0 bridgehead atoms. The second-order valence-corrected chi connectivity index (χ2v) is 3.71. The number of hydrogen-bond donors (Lipinski definition) is 1. The summed E-state index contributed by atoms with van der Waals surface area (Å²) in [5.74, 6) is 0. The lowest BCUT2D eigenvalue weighted by molar-refractivity contribution is 0.138. The van der Waals surface area contributed by atoms with Gasteiger partial charge in [0.2, 0.25) is 0 Å². The SMILES string of the molecule is CCn1ncc(CNC(C)C)c1C(F)F. The van der Waals surface area contributed by atoms with E-state index in [2.05, 4.69) is 10.4 Å². The Bertz CT molecular complexity index is 308. The number of halogens is 2. The predicted molar refractivity (Wildman–Crippen MR) is 54.8 cm³/mol. The first kappa shape index (κ1) is 12.1. The molecule has 0 unspecified atom stereocenters. The third-order valence-electron chi connectivity index (χ3n) is 2.17. The lowest BCUT2D eigenvalue weighted by Crippen LogP contribution is -2.22. The fourth-order valence-electron chi connectivity index (χ4n) is 1.39. The van der Waals surface area contributed by atoms with Crippen LogP contribution in [0.2, 0.25) is 0 Å². The molecule has 0 fully saturated rings. The molecule has 1 rings (SSSR count). The lowest BCUT2D eigenvalue weighted by atomic mass is 10.2. The number of nitrogens with one attached hydrogen (secondary N) is 1. The van der Waals surface area contributed by atoms with Crippen LogP contribution in [0.5, 0.6) is 0 Å². The quantitative estimate of drug-likeness (QED) is 0.820. The van der Waals surface area contributed by atoms with E-state index >= 15 is 0 Å². The Balaban J connectivity index is 2.82. The van der Waals surface area contributed by atoms with Crippen LogP contribution in [0, 0.1) is 0 Å². The number of alkyl halides is 2. The Labute approximate surface area is 88.5 Å².